The largest absolute Gasteiger partial charge is 0.338 e. The van der Waals surface area contributed by atoms with Gasteiger partial charge in [-0.15, -0.1) is 11.3 Å². The molecule has 1 aromatic carbocycles. The normalized spacial score (nSPS) is 10.7. The fourth-order valence-electron chi connectivity index (χ4n) is 2.78. The summed E-state index contributed by atoms with van der Waals surface area (Å²) in [5, 5.41) is 4.14. The Kier molecular flexibility index (Phi) is 6.13. The summed E-state index contributed by atoms with van der Waals surface area (Å²) in [5.74, 6) is 0. The van der Waals surface area contributed by atoms with Gasteiger partial charge < -0.3 is 10.2 Å². The average Bonchev–Trinajstić information content (AvgIpc) is 2.69. The second kappa shape index (κ2) is 8.73. The van der Waals surface area contributed by atoms with Gasteiger partial charge in [0.1, 0.15) is 5.01 Å². The van der Waals surface area contributed by atoms with E-state index in [0.29, 0.717) is 42.1 Å². The molecule has 2 heterocycles. The molecule has 0 radical (unpaired) electrons. The predicted molar refractivity (Wildman–Crippen MR) is 109 cm³/mol. The number of urea groups is 1. The Bertz CT molecular complexity index is 998. The number of nitrogens with one attached hydrogen (secondary N) is 1. The first-order valence-electron chi connectivity index (χ1n) is 9.01. The minimum absolute atomic E-state index is 0.0643. The third-order valence-electron chi connectivity index (χ3n) is 4.26. The SMILES string of the molecule is CCN(CC)C(=O)NCCc1cccc(-c2nc(=O)c3ccccc3s2)n1. The molecule has 0 saturated heterocycles. The molecule has 0 fully saturated rings. The molecule has 0 atom stereocenters. The van der Waals surface area contributed by atoms with E-state index in [1.54, 1.807) is 11.0 Å². The number of carbonyl (C=O) groups is 1. The number of hydrogen-bond donors (Lipinski definition) is 1. The lowest BCUT2D eigenvalue weighted by Gasteiger charge is -2.19. The number of fused-ring (bicyclic) bond motifs is 1. The molecule has 2 amide bonds. The molecule has 7 heteroatoms. The number of hydrogen-bond acceptors (Lipinski definition) is 5. The molecule has 0 saturated carbocycles. The molecular formula is C20H22N4O2S. The zero-order chi connectivity index (χ0) is 19.2. The van der Waals surface area contributed by atoms with E-state index >= 15 is 0 Å². The minimum Gasteiger partial charge on any atom is -0.338 e. The van der Waals surface area contributed by atoms with E-state index < -0.39 is 0 Å². The van der Waals surface area contributed by atoms with E-state index in [0.717, 1.165) is 10.4 Å². The molecule has 3 rings (SSSR count). The van der Waals surface area contributed by atoms with Crippen molar-refractivity contribution in [2.24, 2.45) is 0 Å². The number of nitrogens with zero attached hydrogens (tertiary/aromatic N) is 3. The highest BCUT2D eigenvalue weighted by Crippen LogP contribution is 2.24. The summed E-state index contributed by atoms with van der Waals surface area (Å²) < 4.78 is 0.895. The molecule has 0 aliphatic carbocycles. The van der Waals surface area contributed by atoms with Gasteiger partial charge in [-0.3, -0.25) is 9.78 Å². The summed E-state index contributed by atoms with van der Waals surface area (Å²) in [4.78, 5) is 34.8. The van der Waals surface area contributed by atoms with Gasteiger partial charge in [0.2, 0.25) is 0 Å². The Morgan fingerprint density at radius 3 is 2.63 bits per heavy atom. The van der Waals surface area contributed by atoms with E-state index in [-0.39, 0.29) is 11.6 Å². The summed E-state index contributed by atoms with van der Waals surface area (Å²) in [6, 6.07) is 13.0. The summed E-state index contributed by atoms with van der Waals surface area (Å²) in [5.41, 5.74) is 1.29. The average molecular weight is 382 g/mol. The van der Waals surface area contributed by atoms with Gasteiger partial charge in [-0.2, -0.15) is 4.98 Å². The van der Waals surface area contributed by atoms with Crippen molar-refractivity contribution >= 4 is 27.5 Å². The van der Waals surface area contributed by atoms with Crippen LogP contribution in [0.15, 0.2) is 47.3 Å². The lowest BCUT2D eigenvalue weighted by molar-refractivity contribution is 0.203. The number of amides is 2. The molecule has 0 bridgehead atoms. The van der Waals surface area contributed by atoms with Crippen LogP contribution < -0.4 is 10.9 Å². The Balaban J connectivity index is 1.74. The van der Waals surface area contributed by atoms with Crippen LogP contribution >= 0.6 is 11.3 Å². The summed E-state index contributed by atoms with van der Waals surface area (Å²) >= 11 is 1.45. The highest BCUT2D eigenvalue weighted by atomic mass is 32.1. The van der Waals surface area contributed by atoms with E-state index in [9.17, 15) is 9.59 Å². The van der Waals surface area contributed by atoms with Crippen LogP contribution in [-0.4, -0.2) is 40.5 Å². The number of rotatable bonds is 6. The molecule has 0 aliphatic rings. The van der Waals surface area contributed by atoms with Crippen molar-refractivity contribution in [3.63, 3.8) is 0 Å². The minimum atomic E-state index is -0.238. The Morgan fingerprint density at radius 2 is 1.85 bits per heavy atom. The third kappa shape index (κ3) is 4.49. The number of pyridine rings is 1. The second-order valence-corrected chi connectivity index (χ2v) is 7.02. The molecule has 27 heavy (non-hydrogen) atoms. The molecular weight excluding hydrogens is 360 g/mol. The van der Waals surface area contributed by atoms with Crippen LogP contribution in [0.2, 0.25) is 0 Å². The topological polar surface area (TPSA) is 75.2 Å². The fraction of sp³-hybridized carbons (Fsp3) is 0.300. The van der Waals surface area contributed by atoms with Gasteiger partial charge in [0.05, 0.1) is 11.1 Å². The standard InChI is InChI=1S/C20H22N4O2S/c1-3-24(4-2)20(26)21-13-12-14-8-7-10-16(22-14)19-23-18(25)15-9-5-6-11-17(15)27-19/h5-11H,3-4,12-13H2,1-2H3,(H,21,26). The first kappa shape index (κ1) is 19.0. The van der Waals surface area contributed by atoms with Gasteiger partial charge >= 0.3 is 6.03 Å². The van der Waals surface area contributed by atoms with Gasteiger partial charge in [0.15, 0.2) is 0 Å². The molecule has 140 valence electrons. The first-order valence-corrected chi connectivity index (χ1v) is 9.83. The second-order valence-electron chi connectivity index (χ2n) is 5.99. The molecule has 6 nitrogen and oxygen atoms in total. The van der Waals surface area contributed by atoms with Gasteiger partial charge in [0, 0.05) is 36.4 Å². The summed E-state index contributed by atoms with van der Waals surface area (Å²) in [7, 11) is 0. The first-order chi connectivity index (χ1) is 13.1. The molecule has 2 aromatic heterocycles. The third-order valence-corrected chi connectivity index (χ3v) is 5.33. The lowest BCUT2D eigenvalue weighted by Crippen LogP contribution is -2.40. The Labute approximate surface area is 161 Å². The summed E-state index contributed by atoms with van der Waals surface area (Å²) in [6.45, 7) is 5.78. The van der Waals surface area contributed by atoms with E-state index in [1.807, 2.05) is 50.2 Å². The fourth-order valence-corrected chi connectivity index (χ4v) is 3.75. The van der Waals surface area contributed by atoms with Gasteiger partial charge in [-0.05, 0) is 38.1 Å². The smallest absolute Gasteiger partial charge is 0.317 e. The van der Waals surface area contributed by atoms with Crippen LogP contribution in [0.4, 0.5) is 4.79 Å². The zero-order valence-electron chi connectivity index (χ0n) is 15.4. The highest BCUT2D eigenvalue weighted by molar-refractivity contribution is 7.21. The van der Waals surface area contributed by atoms with Crippen molar-refractivity contribution in [3.8, 4) is 10.7 Å². The quantitative estimate of drug-likeness (QED) is 0.710. The van der Waals surface area contributed by atoms with Crippen molar-refractivity contribution in [1.82, 2.24) is 20.2 Å². The number of carbonyl (C=O) groups excluding carboxylic acids is 1. The zero-order valence-corrected chi connectivity index (χ0v) is 16.3. The maximum absolute atomic E-state index is 12.2. The molecule has 0 spiro atoms. The molecule has 0 unspecified atom stereocenters. The van der Waals surface area contributed by atoms with Crippen LogP contribution in [0.1, 0.15) is 19.5 Å². The molecule has 3 aromatic rings. The van der Waals surface area contributed by atoms with Crippen LogP contribution in [0.5, 0.6) is 0 Å². The number of aromatic nitrogens is 2. The van der Waals surface area contributed by atoms with Crippen LogP contribution in [0.3, 0.4) is 0 Å². The van der Waals surface area contributed by atoms with Gasteiger partial charge in [0.25, 0.3) is 5.56 Å². The van der Waals surface area contributed by atoms with Crippen molar-refractivity contribution in [1.29, 1.82) is 0 Å². The number of benzene rings is 1. The summed E-state index contributed by atoms with van der Waals surface area (Å²) in [6.07, 6.45) is 0.614. The Morgan fingerprint density at radius 1 is 1.07 bits per heavy atom. The molecule has 0 aliphatic heterocycles. The maximum atomic E-state index is 12.2. The van der Waals surface area contributed by atoms with E-state index in [1.165, 1.54) is 11.3 Å². The van der Waals surface area contributed by atoms with Crippen LogP contribution in [0.25, 0.3) is 20.8 Å². The van der Waals surface area contributed by atoms with Crippen LogP contribution in [-0.2, 0) is 6.42 Å². The van der Waals surface area contributed by atoms with Crippen LogP contribution in [0, 0.1) is 0 Å². The van der Waals surface area contributed by atoms with Gasteiger partial charge in [-0.25, -0.2) is 4.79 Å². The monoisotopic (exact) mass is 382 g/mol. The molecule has 1 N–H and O–H groups in total. The Hall–Kier alpha value is -2.80. The lowest BCUT2D eigenvalue weighted by atomic mass is 10.2. The van der Waals surface area contributed by atoms with E-state index in [4.69, 9.17) is 0 Å². The predicted octanol–water partition coefficient (Wildman–Crippen LogP) is 3.31. The van der Waals surface area contributed by atoms with Crippen molar-refractivity contribution in [2.75, 3.05) is 19.6 Å². The van der Waals surface area contributed by atoms with Crippen molar-refractivity contribution in [3.05, 3.63) is 58.5 Å². The van der Waals surface area contributed by atoms with E-state index in [2.05, 4.69) is 15.3 Å². The van der Waals surface area contributed by atoms with Crippen molar-refractivity contribution in [2.45, 2.75) is 20.3 Å². The van der Waals surface area contributed by atoms with Gasteiger partial charge in [-0.1, -0.05) is 18.2 Å². The van der Waals surface area contributed by atoms with Crippen molar-refractivity contribution < 1.29 is 4.79 Å². The maximum Gasteiger partial charge on any atom is 0.317 e. The highest BCUT2D eigenvalue weighted by Gasteiger charge is 2.10.